The van der Waals surface area contributed by atoms with Crippen molar-refractivity contribution in [3.63, 3.8) is 0 Å². The van der Waals surface area contributed by atoms with Crippen LogP contribution in [-0.4, -0.2) is 37.5 Å². The van der Waals surface area contributed by atoms with Gasteiger partial charge in [0.05, 0.1) is 19.3 Å². The van der Waals surface area contributed by atoms with Crippen LogP contribution < -0.4 is 14.8 Å². The summed E-state index contributed by atoms with van der Waals surface area (Å²) in [5.74, 6) is 1.51. The first-order valence-electron chi connectivity index (χ1n) is 6.26. The summed E-state index contributed by atoms with van der Waals surface area (Å²) < 4.78 is 10.8. The van der Waals surface area contributed by atoms with E-state index in [1.54, 1.807) is 7.11 Å². The zero-order chi connectivity index (χ0) is 13.4. The summed E-state index contributed by atoms with van der Waals surface area (Å²) in [5, 5.41) is 12.7. The van der Waals surface area contributed by atoms with E-state index in [2.05, 4.69) is 12.2 Å². The van der Waals surface area contributed by atoms with Gasteiger partial charge in [0.1, 0.15) is 18.1 Å². The van der Waals surface area contributed by atoms with Gasteiger partial charge < -0.3 is 19.9 Å². The van der Waals surface area contributed by atoms with E-state index in [0.29, 0.717) is 6.61 Å². The summed E-state index contributed by atoms with van der Waals surface area (Å²) in [5.41, 5.74) is -0.418. The molecule has 4 heteroatoms. The van der Waals surface area contributed by atoms with Gasteiger partial charge in [0.25, 0.3) is 0 Å². The van der Waals surface area contributed by atoms with Crippen molar-refractivity contribution in [1.29, 1.82) is 0 Å². The van der Waals surface area contributed by atoms with E-state index < -0.39 is 5.54 Å². The molecule has 102 valence electrons. The molecule has 2 N–H and O–H groups in total. The summed E-state index contributed by atoms with van der Waals surface area (Å²) in [7, 11) is 1.62. The van der Waals surface area contributed by atoms with E-state index in [9.17, 15) is 5.11 Å². The Balaban J connectivity index is 2.55. The number of aliphatic hydroxyl groups excluding tert-OH is 1. The van der Waals surface area contributed by atoms with Gasteiger partial charge in [-0.05, 0) is 32.0 Å². The Morgan fingerprint density at radius 2 is 2.06 bits per heavy atom. The summed E-state index contributed by atoms with van der Waals surface area (Å²) in [6.45, 7) is 5.35. The lowest BCUT2D eigenvalue weighted by Gasteiger charge is -2.28. The first-order valence-corrected chi connectivity index (χ1v) is 6.26. The van der Waals surface area contributed by atoms with Crippen LogP contribution in [0.5, 0.6) is 11.5 Å². The third-order valence-electron chi connectivity index (χ3n) is 2.75. The van der Waals surface area contributed by atoms with Crippen molar-refractivity contribution in [3.05, 3.63) is 24.3 Å². The summed E-state index contributed by atoms with van der Waals surface area (Å²) in [6, 6.07) is 7.45. The third kappa shape index (κ3) is 4.55. The highest BCUT2D eigenvalue weighted by atomic mass is 16.5. The molecule has 0 aromatic heterocycles. The number of nitrogens with one attached hydrogen (secondary N) is 1. The van der Waals surface area contributed by atoms with Crippen LogP contribution in [0.1, 0.15) is 20.3 Å². The normalized spacial score (nSPS) is 14.0. The lowest BCUT2D eigenvalue weighted by molar-refractivity contribution is 0.116. The monoisotopic (exact) mass is 253 g/mol. The molecular formula is C14H23NO3. The van der Waals surface area contributed by atoms with Crippen molar-refractivity contribution in [3.8, 4) is 11.5 Å². The number of hydrogen-bond acceptors (Lipinski definition) is 4. The van der Waals surface area contributed by atoms with Gasteiger partial charge in [-0.3, -0.25) is 0 Å². The molecule has 0 amide bonds. The fourth-order valence-corrected chi connectivity index (χ4v) is 1.51. The fraction of sp³-hybridized carbons (Fsp3) is 0.571. The maximum absolute atomic E-state index is 9.42. The second kappa shape index (κ2) is 7.24. The summed E-state index contributed by atoms with van der Waals surface area (Å²) in [6.07, 6.45) is 1.02. The number of ether oxygens (including phenoxy) is 2. The largest absolute Gasteiger partial charge is 0.497 e. The molecule has 0 saturated heterocycles. The second-order valence-corrected chi connectivity index (χ2v) is 4.61. The smallest absolute Gasteiger partial charge is 0.123 e. The number of hydrogen-bond donors (Lipinski definition) is 2. The van der Waals surface area contributed by atoms with Gasteiger partial charge in [-0.15, -0.1) is 0 Å². The molecule has 4 nitrogen and oxygen atoms in total. The highest BCUT2D eigenvalue weighted by Crippen LogP contribution is 2.19. The molecule has 0 saturated carbocycles. The van der Waals surface area contributed by atoms with Crippen LogP contribution in [0.4, 0.5) is 0 Å². The molecule has 0 heterocycles. The quantitative estimate of drug-likeness (QED) is 0.742. The van der Waals surface area contributed by atoms with Crippen molar-refractivity contribution in [2.45, 2.75) is 25.8 Å². The van der Waals surface area contributed by atoms with E-state index in [1.165, 1.54) is 0 Å². The minimum atomic E-state index is -0.418. The van der Waals surface area contributed by atoms with Crippen LogP contribution in [-0.2, 0) is 0 Å². The predicted molar refractivity (Wildman–Crippen MR) is 72.3 cm³/mol. The van der Waals surface area contributed by atoms with Gasteiger partial charge >= 0.3 is 0 Å². The van der Waals surface area contributed by atoms with Crippen LogP contribution in [0.15, 0.2) is 24.3 Å². The first kappa shape index (κ1) is 14.8. The molecule has 1 atom stereocenters. The Bertz CT molecular complexity index is 357. The van der Waals surface area contributed by atoms with Crippen LogP contribution in [0.2, 0.25) is 0 Å². The van der Waals surface area contributed by atoms with Crippen molar-refractivity contribution < 1.29 is 14.6 Å². The molecule has 0 aliphatic carbocycles. The molecule has 0 aliphatic rings. The predicted octanol–water partition coefficient (Wildman–Crippen LogP) is 1.82. The van der Waals surface area contributed by atoms with E-state index in [0.717, 1.165) is 24.5 Å². The van der Waals surface area contributed by atoms with Gasteiger partial charge in [-0.1, -0.05) is 13.0 Å². The van der Waals surface area contributed by atoms with Crippen molar-refractivity contribution in [1.82, 2.24) is 5.32 Å². The molecule has 1 rings (SSSR count). The van der Waals surface area contributed by atoms with E-state index in [1.807, 2.05) is 31.2 Å². The molecular weight excluding hydrogens is 230 g/mol. The zero-order valence-corrected chi connectivity index (χ0v) is 11.4. The molecule has 18 heavy (non-hydrogen) atoms. The average Bonchev–Trinajstić information content (AvgIpc) is 2.43. The highest BCUT2D eigenvalue weighted by Gasteiger charge is 2.23. The van der Waals surface area contributed by atoms with Gasteiger partial charge in [-0.2, -0.15) is 0 Å². The first-order chi connectivity index (χ1) is 8.63. The van der Waals surface area contributed by atoms with Crippen molar-refractivity contribution in [2.24, 2.45) is 0 Å². The SMILES string of the molecule is CCCNC(C)(CO)COc1cccc(OC)c1. The topological polar surface area (TPSA) is 50.7 Å². The molecule has 0 spiro atoms. The minimum absolute atomic E-state index is 0.0387. The zero-order valence-electron chi connectivity index (χ0n) is 11.4. The molecule has 0 radical (unpaired) electrons. The number of aliphatic hydroxyl groups is 1. The fourth-order valence-electron chi connectivity index (χ4n) is 1.51. The van der Waals surface area contributed by atoms with Gasteiger partial charge in [0.15, 0.2) is 0 Å². The number of rotatable bonds is 8. The Morgan fingerprint density at radius 1 is 1.33 bits per heavy atom. The van der Waals surface area contributed by atoms with Crippen molar-refractivity contribution >= 4 is 0 Å². The van der Waals surface area contributed by atoms with E-state index >= 15 is 0 Å². The second-order valence-electron chi connectivity index (χ2n) is 4.61. The Hall–Kier alpha value is -1.26. The van der Waals surface area contributed by atoms with Crippen molar-refractivity contribution in [2.75, 3.05) is 26.9 Å². The van der Waals surface area contributed by atoms with Gasteiger partial charge in [0, 0.05) is 6.07 Å². The Morgan fingerprint density at radius 3 is 2.67 bits per heavy atom. The van der Waals surface area contributed by atoms with Crippen LogP contribution in [0.25, 0.3) is 0 Å². The molecule has 0 fully saturated rings. The highest BCUT2D eigenvalue weighted by molar-refractivity contribution is 5.32. The summed E-state index contributed by atoms with van der Waals surface area (Å²) >= 11 is 0. The molecule has 1 aromatic carbocycles. The maximum atomic E-state index is 9.42. The van der Waals surface area contributed by atoms with Crippen LogP contribution in [0, 0.1) is 0 Å². The van der Waals surface area contributed by atoms with E-state index in [4.69, 9.17) is 9.47 Å². The number of benzene rings is 1. The number of methoxy groups -OCH3 is 1. The molecule has 0 bridgehead atoms. The molecule has 1 unspecified atom stereocenters. The van der Waals surface area contributed by atoms with Gasteiger partial charge in [-0.25, -0.2) is 0 Å². The standard InChI is InChI=1S/C14H23NO3/c1-4-8-15-14(2,10-16)11-18-13-7-5-6-12(9-13)17-3/h5-7,9,15-16H,4,8,10-11H2,1-3H3. The lowest BCUT2D eigenvalue weighted by atomic mass is 10.1. The third-order valence-corrected chi connectivity index (χ3v) is 2.75. The molecule has 1 aromatic rings. The lowest BCUT2D eigenvalue weighted by Crippen LogP contribution is -2.50. The van der Waals surface area contributed by atoms with Crippen LogP contribution >= 0.6 is 0 Å². The summed E-state index contributed by atoms with van der Waals surface area (Å²) in [4.78, 5) is 0. The Kier molecular flexibility index (Phi) is 5.95. The maximum Gasteiger partial charge on any atom is 0.123 e. The van der Waals surface area contributed by atoms with E-state index in [-0.39, 0.29) is 6.61 Å². The average molecular weight is 253 g/mol. The minimum Gasteiger partial charge on any atom is -0.497 e. The molecule has 0 aliphatic heterocycles. The van der Waals surface area contributed by atoms with Crippen LogP contribution in [0.3, 0.4) is 0 Å². The Labute approximate surface area is 109 Å². The van der Waals surface area contributed by atoms with Gasteiger partial charge in [0.2, 0.25) is 0 Å².